The molecule has 0 bridgehead atoms. The van der Waals surface area contributed by atoms with Gasteiger partial charge in [0.2, 0.25) is 0 Å². The number of rotatable bonds is 2. The van der Waals surface area contributed by atoms with Crippen LogP contribution in [0.5, 0.6) is 0 Å². The second-order valence-corrected chi connectivity index (χ2v) is 3.83. The van der Waals surface area contributed by atoms with Crippen molar-refractivity contribution < 1.29 is 9.90 Å². The summed E-state index contributed by atoms with van der Waals surface area (Å²) < 4.78 is 0.843. The number of benzene rings is 1. The predicted octanol–water partition coefficient (Wildman–Crippen LogP) is 2.56. The Kier molecular flexibility index (Phi) is 2.29. The Hall–Kier alpha value is -1.29. The van der Waals surface area contributed by atoms with Gasteiger partial charge < -0.3 is 10.1 Å². The zero-order valence-corrected chi connectivity index (χ0v) is 8.84. The summed E-state index contributed by atoms with van der Waals surface area (Å²) in [5, 5.41) is 9.69. The molecule has 0 atom stereocenters. The van der Waals surface area contributed by atoms with Gasteiger partial charge in [-0.1, -0.05) is 18.2 Å². The lowest BCUT2D eigenvalue weighted by molar-refractivity contribution is -0.136. The van der Waals surface area contributed by atoms with Crippen LogP contribution in [0.15, 0.2) is 28.7 Å². The van der Waals surface area contributed by atoms with Crippen LogP contribution in [-0.4, -0.2) is 16.1 Å². The quantitative estimate of drug-likeness (QED) is 0.865. The fraction of sp³-hybridized carbons (Fsp3) is 0.100. The van der Waals surface area contributed by atoms with Crippen LogP contribution in [0.3, 0.4) is 0 Å². The van der Waals surface area contributed by atoms with Crippen molar-refractivity contribution in [3.8, 4) is 0 Å². The van der Waals surface area contributed by atoms with Gasteiger partial charge in [0, 0.05) is 21.1 Å². The predicted molar refractivity (Wildman–Crippen MR) is 57.3 cm³/mol. The molecule has 0 fully saturated rings. The van der Waals surface area contributed by atoms with E-state index in [0.29, 0.717) is 5.69 Å². The van der Waals surface area contributed by atoms with Crippen LogP contribution in [0.1, 0.15) is 5.69 Å². The third-order valence-corrected chi connectivity index (χ3v) is 2.95. The minimum Gasteiger partial charge on any atom is -0.481 e. The number of H-pyrrole nitrogens is 1. The lowest BCUT2D eigenvalue weighted by Gasteiger charge is -1.92. The van der Waals surface area contributed by atoms with Crippen molar-refractivity contribution in [2.75, 3.05) is 0 Å². The minimum atomic E-state index is -0.836. The topological polar surface area (TPSA) is 53.1 Å². The number of hydrogen-bond donors (Lipinski definition) is 2. The van der Waals surface area contributed by atoms with Gasteiger partial charge in [-0.2, -0.15) is 0 Å². The minimum absolute atomic E-state index is 0.00919. The molecule has 2 N–H and O–H groups in total. The average molecular weight is 254 g/mol. The summed E-state index contributed by atoms with van der Waals surface area (Å²) in [7, 11) is 0. The maximum Gasteiger partial charge on any atom is 0.309 e. The first kappa shape index (κ1) is 9.27. The number of carboxylic acid groups (broad SMARTS) is 1. The van der Waals surface area contributed by atoms with Gasteiger partial charge in [-0.25, -0.2) is 0 Å². The third-order valence-electron chi connectivity index (χ3n) is 2.04. The van der Waals surface area contributed by atoms with Crippen LogP contribution in [0.2, 0.25) is 0 Å². The maximum atomic E-state index is 10.6. The molecule has 0 aliphatic carbocycles. The van der Waals surface area contributed by atoms with Crippen LogP contribution in [-0.2, 0) is 11.2 Å². The molecule has 0 aliphatic heterocycles. The van der Waals surface area contributed by atoms with Crippen molar-refractivity contribution >= 4 is 32.8 Å². The molecule has 0 spiro atoms. The highest BCUT2D eigenvalue weighted by atomic mass is 79.9. The number of hydrogen-bond acceptors (Lipinski definition) is 1. The fourth-order valence-electron chi connectivity index (χ4n) is 1.44. The van der Waals surface area contributed by atoms with Crippen LogP contribution < -0.4 is 0 Å². The SMILES string of the molecule is O=C(O)Cc1[nH]c2ccccc2c1Br. The Bertz CT molecular complexity index is 490. The normalized spacial score (nSPS) is 10.6. The molecule has 4 heteroatoms. The van der Waals surface area contributed by atoms with E-state index in [9.17, 15) is 4.79 Å². The monoisotopic (exact) mass is 253 g/mol. The van der Waals surface area contributed by atoms with Gasteiger partial charge in [-0.05, 0) is 22.0 Å². The molecule has 2 rings (SSSR count). The van der Waals surface area contributed by atoms with Gasteiger partial charge in [0.15, 0.2) is 0 Å². The summed E-state index contributed by atoms with van der Waals surface area (Å²) in [4.78, 5) is 13.6. The van der Waals surface area contributed by atoms with Gasteiger partial charge in [-0.15, -0.1) is 0 Å². The summed E-state index contributed by atoms with van der Waals surface area (Å²) >= 11 is 3.39. The first-order chi connectivity index (χ1) is 6.68. The molecule has 1 aromatic carbocycles. The molecule has 0 amide bonds. The molecular weight excluding hydrogens is 246 g/mol. The Labute approximate surface area is 88.9 Å². The van der Waals surface area contributed by atoms with Crippen molar-refractivity contribution in [2.24, 2.45) is 0 Å². The van der Waals surface area contributed by atoms with Crippen molar-refractivity contribution in [3.05, 3.63) is 34.4 Å². The first-order valence-electron chi connectivity index (χ1n) is 4.15. The largest absolute Gasteiger partial charge is 0.481 e. The first-order valence-corrected chi connectivity index (χ1v) is 4.94. The van der Waals surface area contributed by atoms with Crippen LogP contribution in [0, 0.1) is 0 Å². The number of nitrogens with one attached hydrogen (secondary N) is 1. The molecule has 1 aromatic heterocycles. The molecule has 0 saturated heterocycles. The zero-order valence-electron chi connectivity index (χ0n) is 7.25. The number of halogens is 1. The number of fused-ring (bicyclic) bond motifs is 1. The van der Waals surface area contributed by atoms with Crippen LogP contribution in [0.25, 0.3) is 10.9 Å². The molecule has 0 unspecified atom stereocenters. The summed E-state index contributed by atoms with van der Waals surface area (Å²) in [5.41, 5.74) is 1.66. The number of aromatic amines is 1. The molecule has 0 saturated carbocycles. The van der Waals surface area contributed by atoms with Crippen LogP contribution >= 0.6 is 15.9 Å². The van der Waals surface area contributed by atoms with E-state index < -0.39 is 5.97 Å². The van der Waals surface area contributed by atoms with E-state index in [0.717, 1.165) is 15.4 Å². The lowest BCUT2D eigenvalue weighted by atomic mass is 10.2. The van der Waals surface area contributed by atoms with Gasteiger partial charge >= 0.3 is 5.97 Å². The molecule has 2 aromatic rings. The Morgan fingerprint density at radius 3 is 2.79 bits per heavy atom. The highest BCUT2D eigenvalue weighted by molar-refractivity contribution is 9.10. The molecule has 3 nitrogen and oxygen atoms in total. The van der Waals surface area contributed by atoms with E-state index in [1.165, 1.54) is 0 Å². The Morgan fingerprint density at radius 1 is 1.43 bits per heavy atom. The molecule has 72 valence electrons. The van der Waals surface area contributed by atoms with Crippen molar-refractivity contribution in [1.29, 1.82) is 0 Å². The number of aliphatic carboxylic acids is 1. The summed E-state index contributed by atoms with van der Waals surface area (Å²) in [6.45, 7) is 0. The van der Waals surface area contributed by atoms with Crippen molar-refractivity contribution in [3.63, 3.8) is 0 Å². The standard InChI is InChI=1S/C10H8BrNO2/c11-10-6-3-1-2-4-7(6)12-8(10)5-9(13)14/h1-4,12H,5H2,(H,13,14). The highest BCUT2D eigenvalue weighted by Crippen LogP contribution is 2.27. The van der Waals surface area contributed by atoms with E-state index >= 15 is 0 Å². The number of para-hydroxylation sites is 1. The average Bonchev–Trinajstić information content (AvgIpc) is 2.44. The van der Waals surface area contributed by atoms with E-state index in [1.54, 1.807) is 0 Å². The van der Waals surface area contributed by atoms with Gasteiger partial charge in [0.05, 0.1) is 6.42 Å². The molecule has 14 heavy (non-hydrogen) atoms. The smallest absolute Gasteiger partial charge is 0.309 e. The summed E-state index contributed by atoms with van der Waals surface area (Å²) in [5.74, 6) is -0.836. The van der Waals surface area contributed by atoms with E-state index in [2.05, 4.69) is 20.9 Å². The Morgan fingerprint density at radius 2 is 2.14 bits per heavy atom. The number of aromatic nitrogens is 1. The Balaban J connectivity index is 2.57. The van der Waals surface area contributed by atoms with E-state index in [1.807, 2.05) is 24.3 Å². The third kappa shape index (κ3) is 1.53. The van der Waals surface area contributed by atoms with Gasteiger partial charge in [-0.3, -0.25) is 4.79 Å². The molecule has 0 radical (unpaired) electrons. The number of carbonyl (C=O) groups is 1. The van der Waals surface area contributed by atoms with Crippen molar-refractivity contribution in [1.82, 2.24) is 4.98 Å². The second-order valence-electron chi connectivity index (χ2n) is 3.03. The second kappa shape index (κ2) is 3.46. The van der Waals surface area contributed by atoms with Crippen molar-refractivity contribution in [2.45, 2.75) is 6.42 Å². The highest BCUT2D eigenvalue weighted by Gasteiger charge is 2.10. The lowest BCUT2D eigenvalue weighted by Crippen LogP contribution is -2.00. The molecule has 1 heterocycles. The maximum absolute atomic E-state index is 10.6. The summed E-state index contributed by atoms with van der Waals surface area (Å²) in [6, 6.07) is 7.70. The summed E-state index contributed by atoms with van der Waals surface area (Å²) in [6.07, 6.45) is 0.00919. The van der Waals surface area contributed by atoms with Crippen LogP contribution in [0.4, 0.5) is 0 Å². The fourth-order valence-corrected chi connectivity index (χ4v) is 2.02. The number of carboxylic acids is 1. The van der Waals surface area contributed by atoms with E-state index in [4.69, 9.17) is 5.11 Å². The van der Waals surface area contributed by atoms with Gasteiger partial charge in [0.25, 0.3) is 0 Å². The zero-order chi connectivity index (χ0) is 10.1. The van der Waals surface area contributed by atoms with Gasteiger partial charge in [0.1, 0.15) is 0 Å². The van der Waals surface area contributed by atoms with E-state index in [-0.39, 0.29) is 6.42 Å². The molecular formula is C10H8BrNO2. The molecule has 0 aliphatic rings.